The highest BCUT2D eigenvalue weighted by atomic mass is 32.1. The molecule has 0 spiro atoms. The van der Waals surface area contributed by atoms with E-state index in [4.69, 9.17) is 4.74 Å². The van der Waals surface area contributed by atoms with Crippen molar-refractivity contribution in [3.8, 4) is 5.75 Å². The fourth-order valence-electron chi connectivity index (χ4n) is 3.73. The van der Waals surface area contributed by atoms with E-state index in [0.717, 1.165) is 36.6 Å². The van der Waals surface area contributed by atoms with E-state index in [0.29, 0.717) is 18.4 Å². The summed E-state index contributed by atoms with van der Waals surface area (Å²) in [6, 6.07) is 8.41. The van der Waals surface area contributed by atoms with Crippen LogP contribution in [0.4, 0.5) is 5.69 Å². The van der Waals surface area contributed by atoms with Crippen LogP contribution >= 0.6 is 11.3 Å². The first-order valence-corrected chi connectivity index (χ1v) is 9.96. The molecule has 2 aromatic rings. The zero-order valence-electron chi connectivity index (χ0n) is 14.9. The van der Waals surface area contributed by atoms with Crippen molar-refractivity contribution >= 4 is 22.9 Å². The Morgan fingerprint density at radius 2 is 2.07 bits per heavy atom. The summed E-state index contributed by atoms with van der Waals surface area (Å²) < 4.78 is 5.67. The topological polar surface area (TPSA) is 75.9 Å². The number of carbonyl (C=O) groups excluding carboxylic acids is 1. The smallest absolute Gasteiger partial charge is 0.269 e. The second-order valence-corrected chi connectivity index (χ2v) is 7.85. The Labute approximate surface area is 161 Å². The lowest BCUT2D eigenvalue weighted by atomic mass is 10.1. The molecule has 1 unspecified atom stereocenters. The Morgan fingerprint density at radius 3 is 2.85 bits per heavy atom. The molecule has 27 heavy (non-hydrogen) atoms. The molecule has 2 aliphatic rings. The van der Waals surface area contributed by atoms with Gasteiger partial charge in [-0.2, -0.15) is 0 Å². The van der Waals surface area contributed by atoms with Crippen LogP contribution in [0, 0.1) is 10.1 Å². The number of hydrogen-bond acceptors (Lipinski definition) is 6. The molecule has 2 fully saturated rings. The van der Waals surface area contributed by atoms with Gasteiger partial charge in [-0.1, -0.05) is 0 Å². The van der Waals surface area contributed by atoms with Crippen molar-refractivity contribution < 1.29 is 14.5 Å². The van der Waals surface area contributed by atoms with Crippen LogP contribution in [0.3, 0.4) is 0 Å². The van der Waals surface area contributed by atoms with Crippen molar-refractivity contribution in [3.05, 3.63) is 56.3 Å². The number of benzene rings is 1. The van der Waals surface area contributed by atoms with Crippen LogP contribution in [0.5, 0.6) is 5.75 Å². The first-order valence-electron chi connectivity index (χ1n) is 9.08. The second kappa shape index (κ2) is 7.66. The van der Waals surface area contributed by atoms with Gasteiger partial charge in [0.25, 0.3) is 11.6 Å². The molecule has 4 rings (SSSR count). The van der Waals surface area contributed by atoms with Crippen LogP contribution in [-0.4, -0.2) is 52.9 Å². The van der Waals surface area contributed by atoms with Gasteiger partial charge in [-0.05, 0) is 43.0 Å². The molecule has 1 aromatic heterocycles. The third-order valence-corrected chi connectivity index (χ3v) is 6.16. The second-order valence-electron chi connectivity index (χ2n) is 6.94. The Bertz CT molecular complexity index is 836. The van der Waals surface area contributed by atoms with E-state index in [1.54, 1.807) is 12.1 Å². The van der Waals surface area contributed by atoms with Gasteiger partial charge in [-0.3, -0.25) is 19.8 Å². The first-order chi connectivity index (χ1) is 13.1. The summed E-state index contributed by atoms with van der Waals surface area (Å²) >= 11 is 1.44. The summed E-state index contributed by atoms with van der Waals surface area (Å²) in [5.41, 5.74) is 0.967. The molecule has 2 aliphatic heterocycles. The number of nitro benzene ring substituents is 1. The van der Waals surface area contributed by atoms with Gasteiger partial charge in [0.1, 0.15) is 12.4 Å². The molecule has 0 N–H and O–H groups in total. The lowest BCUT2D eigenvalue weighted by molar-refractivity contribution is -0.384. The molecule has 0 aliphatic carbocycles. The van der Waals surface area contributed by atoms with E-state index in [1.807, 2.05) is 16.3 Å². The lowest BCUT2D eigenvalue weighted by Gasteiger charge is -2.37. The van der Waals surface area contributed by atoms with Crippen molar-refractivity contribution in [1.29, 1.82) is 0 Å². The van der Waals surface area contributed by atoms with E-state index in [1.165, 1.54) is 36.3 Å². The molecule has 2 saturated heterocycles. The standard InChI is InChI=1S/C19H21N3O4S/c23-19(21-9-8-20-7-1-2-16(20)11-21)18-10-14(13-27-18)12-26-17-5-3-15(4-6-17)22(24)25/h3-6,10,13,16H,1-2,7-9,11-12H2. The minimum atomic E-state index is -0.439. The van der Waals surface area contributed by atoms with Gasteiger partial charge in [0.05, 0.1) is 9.80 Å². The zero-order valence-corrected chi connectivity index (χ0v) is 15.7. The molecule has 0 radical (unpaired) electrons. The lowest BCUT2D eigenvalue weighted by Crippen LogP contribution is -2.51. The highest BCUT2D eigenvalue weighted by Gasteiger charge is 2.33. The summed E-state index contributed by atoms with van der Waals surface area (Å²) in [5, 5.41) is 12.6. The number of carbonyl (C=O) groups is 1. The van der Waals surface area contributed by atoms with E-state index in [-0.39, 0.29) is 11.6 Å². The fraction of sp³-hybridized carbons (Fsp3) is 0.421. The summed E-state index contributed by atoms with van der Waals surface area (Å²) in [6.07, 6.45) is 2.42. The van der Waals surface area contributed by atoms with Gasteiger partial charge in [-0.15, -0.1) is 11.3 Å². The molecular formula is C19H21N3O4S. The summed E-state index contributed by atoms with van der Waals surface area (Å²) in [6.45, 7) is 4.08. The Kier molecular flexibility index (Phi) is 5.09. The van der Waals surface area contributed by atoms with Gasteiger partial charge < -0.3 is 9.64 Å². The monoisotopic (exact) mass is 387 g/mol. The van der Waals surface area contributed by atoms with Crippen LogP contribution in [0.2, 0.25) is 0 Å². The number of nitrogens with zero attached hydrogens (tertiary/aromatic N) is 3. The van der Waals surface area contributed by atoms with Gasteiger partial charge >= 0.3 is 0 Å². The van der Waals surface area contributed by atoms with Crippen molar-refractivity contribution in [2.24, 2.45) is 0 Å². The molecule has 0 saturated carbocycles. The predicted octanol–water partition coefficient (Wildman–Crippen LogP) is 3.16. The SMILES string of the molecule is O=C(c1cc(COc2ccc([N+](=O)[O-])cc2)cs1)N1CCN2CCCC2C1. The number of rotatable bonds is 5. The highest BCUT2D eigenvalue weighted by Crippen LogP contribution is 2.25. The van der Waals surface area contributed by atoms with Crippen LogP contribution in [0.25, 0.3) is 0 Å². The third kappa shape index (κ3) is 3.96. The van der Waals surface area contributed by atoms with Crippen molar-refractivity contribution in [3.63, 3.8) is 0 Å². The molecule has 1 atom stereocenters. The van der Waals surface area contributed by atoms with Gasteiger partial charge in [0.2, 0.25) is 0 Å². The maximum absolute atomic E-state index is 12.8. The highest BCUT2D eigenvalue weighted by molar-refractivity contribution is 7.12. The minimum absolute atomic E-state index is 0.0353. The van der Waals surface area contributed by atoms with Crippen molar-refractivity contribution in [2.75, 3.05) is 26.2 Å². The van der Waals surface area contributed by atoms with E-state index in [9.17, 15) is 14.9 Å². The molecule has 142 valence electrons. The molecule has 7 nitrogen and oxygen atoms in total. The van der Waals surface area contributed by atoms with Crippen LogP contribution in [-0.2, 0) is 6.61 Å². The molecule has 3 heterocycles. The number of amides is 1. The summed E-state index contributed by atoms with van der Waals surface area (Å²) in [7, 11) is 0. The Hall–Kier alpha value is -2.45. The number of nitro groups is 1. The van der Waals surface area contributed by atoms with Crippen LogP contribution in [0.15, 0.2) is 35.7 Å². The zero-order chi connectivity index (χ0) is 18.8. The maximum Gasteiger partial charge on any atom is 0.269 e. The van der Waals surface area contributed by atoms with Crippen molar-refractivity contribution in [1.82, 2.24) is 9.80 Å². The predicted molar refractivity (Wildman–Crippen MR) is 102 cm³/mol. The van der Waals surface area contributed by atoms with Crippen molar-refractivity contribution in [2.45, 2.75) is 25.5 Å². The number of hydrogen-bond donors (Lipinski definition) is 0. The van der Waals surface area contributed by atoms with Crippen LogP contribution < -0.4 is 4.74 Å². The Morgan fingerprint density at radius 1 is 1.26 bits per heavy atom. The average Bonchev–Trinajstić information content (AvgIpc) is 3.34. The minimum Gasteiger partial charge on any atom is -0.489 e. The first kappa shape index (κ1) is 17.9. The average molecular weight is 387 g/mol. The normalized spacial score (nSPS) is 19.7. The number of non-ortho nitro benzene ring substituents is 1. The van der Waals surface area contributed by atoms with E-state index >= 15 is 0 Å². The molecule has 8 heteroatoms. The van der Waals surface area contributed by atoms with Gasteiger partial charge in [0.15, 0.2) is 0 Å². The van der Waals surface area contributed by atoms with E-state index in [2.05, 4.69) is 4.90 Å². The number of thiophene rings is 1. The number of ether oxygens (including phenoxy) is 1. The maximum atomic E-state index is 12.8. The third-order valence-electron chi connectivity index (χ3n) is 5.19. The quantitative estimate of drug-likeness (QED) is 0.582. The number of piperazine rings is 1. The number of fused-ring (bicyclic) bond motifs is 1. The fourth-order valence-corrected chi connectivity index (χ4v) is 4.59. The largest absolute Gasteiger partial charge is 0.489 e. The summed E-state index contributed by atoms with van der Waals surface area (Å²) in [4.78, 5) is 28.2. The van der Waals surface area contributed by atoms with Crippen LogP contribution in [0.1, 0.15) is 28.1 Å². The van der Waals surface area contributed by atoms with Gasteiger partial charge in [-0.25, -0.2) is 0 Å². The molecule has 0 bridgehead atoms. The van der Waals surface area contributed by atoms with E-state index < -0.39 is 4.92 Å². The van der Waals surface area contributed by atoms with Gasteiger partial charge in [0, 0.05) is 43.4 Å². The Balaban J connectivity index is 1.34. The molecule has 1 amide bonds. The molecular weight excluding hydrogens is 366 g/mol. The summed E-state index contributed by atoms with van der Waals surface area (Å²) in [5.74, 6) is 0.671. The molecule has 1 aromatic carbocycles.